The molecule has 5 heteroatoms. The molecule has 2 aromatic heterocycles. The van der Waals surface area contributed by atoms with E-state index >= 15 is 0 Å². The van der Waals surface area contributed by atoms with E-state index in [1.54, 1.807) is 6.07 Å². The second kappa shape index (κ2) is 4.93. The maximum Gasteiger partial charge on any atom is 0.214 e. The molecular weight excluding hydrogens is 301 g/mol. The molecule has 3 rings (SSSR count). The van der Waals surface area contributed by atoms with Crippen molar-refractivity contribution < 1.29 is 4.79 Å². The van der Waals surface area contributed by atoms with Crippen LogP contribution in [0, 0.1) is 0 Å². The van der Waals surface area contributed by atoms with Crippen molar-refractivity contribution in [3.63, 3.8) is 0 Å². The summed E-state index contributed by atoms with van der Waals surface area (Å²) in [6.07, 6.45) is 1.43. The van der Waals surface area contributed by atoms with Crippen molar-refractivity contribution in [2.24, 2.45) is 0 Å². The van der Waals surface area contributed by atoms with Crippen molar-refractivity contribution in [2.75, 3.05) is 0 Å². The third kappa shape index (κ3) is 2.25. The molecule has 0 amide bonds. The Morgan fingerprint density at radius 1 is 1.21 bits per heavy atom. The number of aromatic nitrogens is 1. The van der Waals surface area contributed by atoms with E-state index in [2.05, 4.69) is 4.98 Å². The van der Waals surface area contributed by atoms with Crippen LogP contribution in [0.3, 0.4) is 0 Å². The lowest BCUT2D eigenvalue weighted by Gasteiger charge is -2.04. The minimum atomic E-state index is -0.185. The quantitative estimate of drug-likeness (QED) is 0.634. The standard InChI is InChI=1S/C14H7Cl2NOS/c15-9-6-11(16)12(17-7-9)13(18)10-3-1-2-8-4-5-19-14(8)10/h1-7H. The van der Waals surface area contributed by atoms with Crippen LogP contribution in [0.5, 0.6) is 0 Å². The molecule has 0 N–H and O–H groups in total. The largest absolute Gasteiger partial charge is 0.287 e. The highest BCUT2D eigenvalue weighted by molar-refractivity contribution is 7.17. The lowest BCUT2D eigenvalue weighted by atomic mass is 10.1. The molecule has 1 aromatic carbocycles. The van der Waals surface area contributed by atoms with E-state index in [0.29, 0.717) is 10.6 Å². The molecule has 0 fully saturated rings. The molecule has 19 heavy (non-hydrogen) atoms. The molecule has 0 saturated heterocycles. The summed E-state index contributed by atoms with van der Waals surface area (Å²) in [6.45, 7) is 0. The van der Waals surface area contributed by atoms with Gasteiger partial charge in [0.2, 0.25) is 5.78 Å². The second-order valence-electron chi connectivity index (χ2n) is 3.96. The number of benzene rings is 1. The van der Waals surface area contributed by atoms with Crippen molar-refractivity contribution >= 4 is 50.4 Å². The van der Waals surface area contributed by atoms with Gasteiger partial charge in [-0.05, 0) is 29.0 Å². The van der Waals surface area contributed by atoms with Gasteiger partial charge in [-0.1, -0.05) is 35.3 Å². The molecule has 0 atom stereocenters. The number of hydrogen-bond acceptors (Lipinski definition) is 3. The fourth-order valence-corrected chi connectivity index (χ4v) is 3.26. The van der Waals surface area contributed by atoms with E-state index in [4.69, 9.17) is 23.2 Å². The van der Waals surface area contributed by atoms with Gasteiger partial charge in [0, 0.05) is 16.5 Å². The summed E-state index contributed by atoms with van der Waals surface area (Å²) in [5.41, 5.74) is 0.844. The Kier molecular flexibility index (Phi) is 3.27. The minimum absolute atomic E-state index is 0.185. The molecule has 3 aromatic rings. The van der Waals surface area contributed by atoms with Crippen molar-refractivity contribution in [2.45, 2.75) is 0 Å². The Labute approximate surface area is 123 Å². The molecule has 0 spiro atoms. The Balaban J connectivity index is 2.16. The molecule has 2 nitrogen and oxygen atoms in total. The number of thiophene rings is 1. The van der Waals surface area contributed by atoms with Crippen LogP contribution in [0.15, 0.2) is 41.9 Å². The third-order valence-corrected chi connectivity index (χ3v) is 4.20. The van der Waals surface area contributed by atoms with Crippen molar-refractivity contribution in [3.8, 4) is 0 Å². The van der Waals surface area contributed by atoms with Gasteiger partial charge in [0.25, 0.3) is 0 Å². The smallest absolute Gasteiger partial charge is 0.214 e. The van der Waals surface area contributed by atoms with Crippen molar-refractivity contribution in [1.29, 1.82) is 0 Å². The molecule has 0 unspecified atom stereocenters. The summed E-state index contributed by atoms with van der Waals surface area (Å²) in [4.78, 5) is 16.5. The Bertz CT molecular complexity index is 782. The number of nitrogens with zero attached hydrogens (tertiary/aromatic N) is 1. The normalized spacial score (nSPS) is 10.8. The molecule has 2 heterocycles. The predicted octanol–water partition coefficient (Wildman–Crippen LogP) is 4.83. The van der Waals surface area contributed by atoms with Gasteiger partial charge >= 0.3 is 0 Å². The average molecular weight is 308 g/mol. The number of carbonyl (C=O) groups excluding carboxylic acids is 1. The zero-order valence-corrected chi connectivity index (χ0v) is 11.9. The van der Waals surface area contributed by atoms with Gasteiger partial charge < -0.3 is 0 Å². The number of ketones is 1. The van der Waals surface area contributed by atoms with Crippen molar-refractivity contribution in [1.82, 2.24) is 4.98 Å². The lowest BCUT2D eigenvalue weighted by molar-refractivity contribution is 0.103. The lowest BCUT2D eigenvalue weighted by Crippen LogP contribution is -2.05. The minimum Gasteiger partial charge on any atom is -0.287 e. The van der Waals surface area contributed by atoms with E-state index in [0.717, 1.165) is 10.1 Å². The van der Waals surface area contributed by atoms with E-state index < -0.39 is 0 Å². The second-order valence-corrected chi connectivity index (χ2v) is 5.72. The summed E-state index contributed by atoms with van der Waals surface area (Å²) in [6, 6.07) is 9.12. The molecule has 0 aliphatic carbocycles. The van der Waals surface area contributed by atoms with E-state index in [1.165, 1.54) is 23.6 Å². The molecule has 94 valence electrons. The maximum atomic E-state index is 12.5. The van der Waals surface area contributed by atoms with E-state index in [-0.39, 0.29) is 16.5 Å². The van der Waals surface area contributed by atoms with Gasteiger partial charge in [-0.25, -0.2) is 4.98 Å². The molecule has 0 radical (unpaired) electrons. The van der Waals surface area contributed by atoms with Crippen LogP contribution in [-0.4, -0.2) is 10.8 Å². The zero-order chi connectivity index (χ0) is 13.4. The van der Waals surface area contributed by atoms with Crippen LogP contribution in [0.25, 0.3) is 10.1 Å². The molecule has 0 aliphatic heterocycles. The van der Waals surface area contributed by atoms with Gasteiger partial charge in [0.1, 0.15) is 5.69 Å². The predicted molar refractivity (Wildman–Crippen MR) is 79.5 cm³/mol. The molecule has 0 aliphatic rings. The first kappa shape index (κ1) is 12.6. The highest BCUT2D eigenvalue weighted by atomic mass is 35.5. The average Bonchev–Trinajstić information content (AvgIpc) is 2.86. The van der Waals surface area contributed by atoms with Gasteiger partial charge in [0.15, 0.2) is 0 Å². The van der Waals surface area contributed by atoms with E-state index in [9.17, 15) is 4.79 Å². The monoisotopic (exact) mass is 307 g/mol. The van der Waals surface area contributed by atoms with Crippen LogP contribution >= 0.6 is 34.5 Å². The maximum absolute atomic E-state index is 12.5. The third-order valence-electron chi connectivity index (χ3n) is 2.75. The molecular formula is C14H7Cl2NOS. The summed E-state index contributed by atoms with van der Waals surface area (Å²) < 4.78 is 0.945. The topological polar surface area (TPSA) is 30.0 Å². The van der Waals surface area contributed by atoms with Crippen LogP contribution in [0.4, 0.5) is 0 Å². The Morgan fingerprint density at radius 3 is 2.84 bits per heavy atom. The number of halogens is 2. The summed E-state index contributed by atoms with van der Waals surface area (Å²) in [7, 11) is 0. The van der Waals surface area contributed by atoms with Gasteiger partial charge in [0.05, 0.1) is 10.0 Å². The van der Waals surface area contributed by atoms with Gasteiger partial charge in [-0.2, -0.15) is 0 Å². The van der Waals surface area contributed by atoms with Crippen LogP contribution in [-0.2, 0) is 0 Å². The number of carbonyl (C=O) groups is 1. The number of rotatable bonds is 2. The summed E-state index contributed by atoms with van der Waals surface area (Å²) >= 11 is 13.4. The summed E-state index contributed by atoms with van der Waals surface area (Å²) in [5.74, 6) is -0.185. The number of pyridine rings is 1. The highest BCUT2D eigenvalue weighted by Crippen LogP contribution is 2.28. The zero-order valence-electron chi connectivity index (χ0n) is 9.56. The first-order valence-electron chi connectivity index (χ1n) is 5.49. The molecule has 0 bridgehead atoms. The SMILES string of the molecule is O=C(c1ncc(Cl)cc1Cl)c1cccc2ccsc12. The first-order valence-corrected chi connectivity index (χ1v) is 7.12. The Morgan fingerprint density at radius 2 is 2.05 bits per heavy atom. The highest BCUT2D eigenvalue weighted by Gasteiger charge is 2.17. The first-order chi connectivity index (χ1) is 9.16. The number of hydrogen-bond donors (Lipinski definition) is 0. The van der Waals surface area contributed by atoms with Crippen LogP contribution < -0.4 is 0 Å². The van der Waals surface area contributed by atoms with Crippen molar-refractivity contribution in [3.05, 3.63) is 63.2 Å². The fraction of sp³-hybridized carbons (Fsp3) is 0. The molecule has 0 saturated carbocycles. The van der Waals surface area contributed by atoms with Crippen LogP contribution in [0.2, 0.25) is 10.0 Å². The Hall–Kier alpha value is -1.42. The van der Waals surface area contributed by atoms with E-state index in [1.807, 2.05) is 23.6 Å². The van der Waals surface area contributed by atoms with Crippen LogP contribution in [0.1, 0.15) is 16.1 Å². The van der Waals surface area contributed by atoms with Gasteiger partial charge in [-0.3, -0.25) is 4.79 Å². The van der Waals surface area contributed by atoms with Gasteiger partial charge in [-0.15, -0.1) is 11.3 Å². The number of fused-ring (bicyclic) bond motifs is 1. The summed E-state index contributed by atoms with van der Waals surface area (Å²) in [5, 5.41) is 3.68. The fourth-order valence-electron chi connectivity index (χ4n) is 1.88.